The van der Waals surface area contributed by atoms with Crippen LogP contribution in [0.3, 0.4) is 0 Å². The van der Waals surface area contributed by atoms with E-state index in [-0.39, 0.29) is 31.3 Å². The van der Waals surface area contributed by atoms with Gasteiger partial charge in [0.2, 0.25) is 21.8 Å². The van der Waals surface area contributed by atoms with Crippen LogP contribution in [-0.2, 0) is 32.6 Å². The van der Waals surface area contributed by atoms with Gasteiger partial charge in [-0.15, -0.1) is 0 Å². The van der Waals surface area contributed by atoms with Crippen molar-refractivity contribution in [2.75, 3.05) is 23.7 Å². The van der Waals surface area contributed by atoms with Crippen LogP contribution < -0.4 is 9.62 Å². The zero-order chi connectivity index (χ0) is 30.7. The summed E-state index contributed by atoms with van der Waals surface area (Å²) >= 11 is 0. The Morgan fingerprint density at radius 2 is 1.50 bits per heavy atom. The second kappa shape index (κ2) is 15.5. The minimum Gasteiger partial charge on any atom is -0.354 e. The van der Waals surface area contributed by atoms with E-state index < -0.39 is 16.1 Å². The number of anilines is 1. The van der Waals surface area contributed by atoms with Crippen LogP contribution in [0.15, 0.2) is 72.8 Å². The third kappa shape index (κ3) is 10.0. The quantitative estimate of drug-likeness (QED) is 0.229. The topological polar surface area (TPSA) is 86.8 Å². The molecule has 0 heterocycles. The van der Waals surface area contributed by atoms with Gasteiger partial charge in [0.25, 0.3) is 0 Å². The lowest BCUT2D eigenvalue weighted by Gasteiger charge is -2.32. The van der Waals surface area contributed by atoms with Gasteiger partial charge in [-0.05, 0) is 68.0 Å². The SMILES string of the molecule is CCCCNC(=O)C(Cc1ccccc1)N(Cc1cccc(C)c1)C(=O)CCCN(c1cc(C)cc(C)c1)S(C)(=O)=O. The average molecular weight is 592 g/mol. The number of rotatable bonds is 15. The summed E-state index contributed by atoms with van der Waals surface area (Å²) in [7, 11) is -3.56. The summed E-state index contributed by atoms with van der Waals surface area (Å²) in [5.41, 5.74) is 5.51. The highest BCUT2D eigenvalue weighted by molar-refractivity contribution is 7.92. The molecule has 0 aliphatic heterocycles. The van der Waals surface area contributed by atoms with Gasteiger partial charge in [0.05, 0.1) is 11.9 Å². The molecular formula is C34H45N3O4S. The smallest absolute Gasteiger partial charge is 0.243 e. The average Bonchev–Trinajstić information content (AvgIpc) is 2.92. The Labute approximate surface area is 252 Å². The Kier molecular flexibility index (Phi) is 12.2. The normalized spacial score (nSPS) is 12.0. The van der Waals surface area contributed by atoms with Crippen molar-refractivity contribution in [3.05, 3.63) is 101 Å². The standard InChI is InChI=1S/C34H45N3O4S/c1-6-7-18-35-34(39)32(24-29-14-9-8-10-15-29)36(25-30-16-11-13-26(2)21-30)33(38)17-12-19-37(42(5,40)41)31-22-27(3)20-28(4)23-31/h8-11,13-16,20-23,32H,6-7,12,17-19,24-25H2,1-5H3,(H,35,39). The molecule has 0 fully saturated rings. The van der Waals surface area contributed by atoms with Gasteiger partial charge in [-0.2, -0.15) is 0 Å². The number of amides is 2. The Morgan fingerprint density at radius 3 is 2.12 bits per heavy atom. The third-order valence-electron chi connectivity index (χ3n) is 7.18. The molecule has 1 unspecified atom stereocenters. The Hall–Kier alpha value is -3.65. The van der Waals surface area contributed by atoms with Crippen molar-refractivity contribution in [2.45, 2.75) is 72.4 Å². The van der Waals surface area contributed by atoms with Crippen molar-refractivity contribution in [3.63, 3.8) is 0 Å². The van der Waals surface area contributed by atoms with Crippen LogP contribution >= 0.6 is 0 Å². The fourth-order valence-corrected chi connectivity index (χ4v) is 6.11. The molecule has 2 amide bonds. The number of aryl methyl sites for hydroxylation is 3. The lowest BCUT2D eigenvalue weighted by Crippen LogP contribution is -2.50. The molecule has 3 aromatic carbocycles. The summed E-state index contributed by atoms with van der Waals surface area (Å²) in [6, 6.07) is 22.7. The molecule has 0 radical (unpaired) electrons. The van der Waals surface area contributed by atoms with Crippen LogP contribution in [0, 0.1) is 20.8 Å². The predicted octanol–water partition coefficient (Wildman–Crippen LogP) is 5.71. The first-order chi connectivity index (χ1) is 20.0. The van der Waals surface area contributed by atoms with E-state index in [1.54, 1.807) is 4.90 Å². The molecule has 226 valence electrons. The fourth-order valence-electron chi connectivity index (χ4n) is 5.17. The van der Waals surface area contributed by atoms with Crippen molar-refractivity contribution in [1.29, 1.82) is 0 Å². The Balaban J connectivity index is 1.88. The molecule has 0 aliphatic carbocycles. The molecule has 7 nitrogen and oxygen atoms in total. The van der Waals surface area contributed by atoms with E-state index in [1.165, 1.54) is 10.6 Å². The highest BCUT2D eigenvalue weighted by Crippen LogP contribution is 2.23. The van der Waals surface area contributed by atoms with Crippen LogP contribution in [-0.4, -0.2) is 50.5 Å². The maximum Gasteiger partial charge on any atom is 0.243 e. The molecule has 8 heteroatoms. The maximum atomic E-state index is 14.0. The molecule has 0 aromatic heterocycles. The lowest BCUT2D eigenvalue weighted by molar-refractivity contribution is -0.141. The minimum absolute atomic E-state index is 0.107. The summed E-state index contributed by atoms with van der Waals surface area (Å²) in [5, 5.41) is 3.04. The summed E-state index contributed by atoms with van der Waals surface area (Å²) in [6.45, 7) is 8.93. The van der Waals surface area contributed by atoms with Gasteiger partial charge >= 0.3 is 0 Å². The number of benzene rings is 3. The molecule has 0 saturated carbocycles. The second-order valence-corrected chi connectivity index (χ2v) is 13.1. The van der Waals surface area contributed by atoms with E-state index in [9.17, 15) is 18.0 Å². The zero-order valence-electron chi connectivity index (χ0n) is 25.6. The number of nitrogens with zero attached hydrogens (tertiary/aromatic N) is 2. The molecule has 0 spiro atoms. The number of unbranched alkanes of at least 4 members (excludes halogenated alkanes) is 1. The summed E-state index contributed by atoms with van der Waals surface area (Å²) < 4.78 is 26.8. The molecule has 3 aromatic rings. The van der Waals surface area contributed by atoms with E-state index in [4.69, 9.17) is 0 Å². The number of hydrogen-bond acceptors (Lipinski definition) is 4. The molecule has 3 rings (SSSR count). The van der Waals surface area contributed by atoms with Crippen molar-refractivity contribution in [3.8, 4) is 0 Å². The third-order valence-corrected chi connectivity index (χ3v) is 8.38. The van der Waals surface area contributed by atoms with Crippen molar-refractivity contribution >= 4 is 27.5 Å². The molecule has 1 N–H and O–H groups in total. The number of carbonyl (C=O) groups excluding carboxylic acids is 2. The molecule has 0 aliphatic rings. The van der Waals surface area contributed by atoms with Gasteiger partial charge in [0, 0.05) is 32.5 Å². The van der Waals surface area contributed by atoms with Crippen LogP contribution in [0.2, 0.25) is 0 Å². The fraction of sp³-hybridized carbons (Fsp3) is 0.412. The van der Waals surface area contributed by atoms with E-state index in [0.29, 0.717) is 25.1 Å². The highest BCUT2D eigenvalue weighted by atomic mass is 32.2. The van der Waals surface area contributed by atoms with Gasteiger partial charge in [0.15, 0.2) is 0 Å². The number of sulfonamides is 1. The van der Waals surface area contributed by atoms with E-state index in [0.717, 1.165) is 40.7 Å². The molecule has 0 bridgehead atoms. The highest BCUT2D eigenvalue weighted by Gasteiger charge is 2.30. The predicted molar refractivity (Wildman–Crippen MR) is 171 cm³/mol. The molecular weight excluding hydrogens is 546 g/mol. The second-order valence-electron chi connectivity index (χ2n) is 11.1. The van der Waals surface area contributed by atoms with Gasteiger partial charge in [0.1, 0.15) is 6.04 Å². The van der Waals surface area contributed by atoms with Crippen molar-refractivity contribution < 1.29 is 18.0 Å². The van der Waals surface area contributed by atoms with Crippen LogP contribution in [0.4, 0.5) is 5.69 Å². The van der Waals surface area contributed by atoms with E-state index >= 15 is 0 Å². The maximum absolute atomic E-state index is 14.0. The van der Waals surface area contributed by atoms with Gasteiger partial charge in [-0.3, -0.25) is 13.9 Å². The van der Waals surface area contributed by atoms with Crippen LogP contribution in [0.5, 0.6) is 0 Å². The molecule has 42 heavy (non-hydrogen) atoms. The zero-order valence-corrected chi connectivity index (χ0v) is 26.4. The first-order valence-corrected chi connectivity index (χ1v) is 16.6. The van der Waals surface area contributed by atoms with E-state index in [1.807, 2.05) is 93.6 Å². The summed E-state index contributed by atoms with van der Waals surface area (Å²) in [4.78, 5) is 29.2. The van der Waals surface area contributed by atoms with Gasteiger partial charge in [-0.1, -0.05) is 79.6 Å². The van der Waals surface area contributed by atoms with Crippen molar-refractivity contribution in [1.82, 2.24) is 10.2 Å². The molecule has 0 saturated heterocycles. The molecule has 1 atom stereocenters. The largest absolute Gasteiger partial charge is 0.354 e. The number of carbonyl (C=O) groups is 2. The number of nitrogens with one attached hydrogen (secondary N) is 1. The first kappa shape index (κ1) is 32.9. The minimum atomic E-state index is -3.56. The Morgan fingerprint density at radius 1 is 0.833 bits per heavy atom. The van der Waals surface area contributed by atoms with Gasteiger partial charge < -0.3 is 10.2 Å². The van der Waals surface area contributed by atoms with Crippen LogP contribution in [0.1, 0.15) is 60.4 Å². The van der Waals surface area contributed by atoms with Gasteiger partial charge in [-0.25, -0.2) is 8.42 Å². The van der Waals surface area contributed by atoms with E-state index in [2.05, 4.69) is 12.2 Å². The lowest BCUT2D eigenvalue weighted by atomic mass is 10.0. The van der Waals surface area contributed by atoms with Crippen molar-refractivity contribution in [2.24, 2.45) is 0 Å². The first-order valence-electron chi connectivity index (χ1n) is 14.7. The monoisotopic (exact) mass is 591 g/mol. The van der Waals surface area contributed by atoms with Crippen LogP contribution in [0.25, 0.3) is 0 Å². The Bertz CT molecular complexity index is 1420. The number of hydrogen-bond donors (Lipinski definition) is 1. The summed E-state index contributed by atoms with van der Waals surface area (Å²) in [6.07, 6.45) is 3.80. The summed E-state index contributed by atoms with van der Waals surface area (Å²) in [5.74, 6) is -0.363.